The third kappa shape index (κ3) is 3.81. The molecule has 0 aliphatic carbocycles. The lowest BCUT2D eigenvalue weighted by atomic mass is 10.1. The number of amides is 2. The number of nitrogens with zero attached hydrogens (tertiary/aromatic N) is 3. The van der Waals surface area contributed by atoms with Gasteiger partial charge in [-0.15, -0.1) is 0 Å². The summed E-state index contributed by atoms with van der Waals surface area (Å²) in [5.74, 6) is 0.666. The zero-order chi connectivity index (χ0) is 18.0. The molecule has 25 heavy (non-hydrogen) atoms. The Morgan fingerprint density at radius 3 is 2.96 bits per heavy atom. The Labute approximate surface area is 146 Å². The monoisotopic (exact) mass is 364 g/mol. The van der Waals surface area contributed by atoms with Crippen molar-refractivity contribution >= 4 is 15.9 Å². The molecule has 3 heterocycles. The molecule has 1 unspecified atom stereocenters. The molecule has 1 aliphatic heterocycles. The summed E-state index contributed by atoms with van der Waals surface area (Å²) in [6, 6.07) is 4.45. The fraction of sp³-hybridized carbons (Fsp3) is 0.438. The first-order valence-corrected chi connectivity index (χ1v) is 9.87. The van der Waals surface area contributed by atoms with Crippen LogP contribution in [0.4, 0.5) is 4.79 Å². The molecule has 2 aromatic rings. The van der Waals surface area contributed by atoms with Gasteiger partial charge >= 0.3 is 6.03 Å². The van der Waals surface area contributed by atoms with Crippen LogP contribution in [-0.2, 0) is 16.4 Å². The van der Waals surface area contributed by atoms with Crippen molar-refractivity contribution in [2.24, 2.45) is 0 Å². The third-order valence-corrected chi connectivity index (χ3v) is 5.31. The van der Waals surface area contributed by atoms with Gasteiger partial charge in [0.1, 0.15) is 0 Å². The molecule has 8 nitrogen and oxygen atoms in total. The van der Waals surface area contributed by atoms with E-state index in [0.29, 0.717) is 18.0 Å². The first-order chi connectivity index (χ1) is 11.9. The number of hydrogen-bond donors (Lipinski definition) is 1. The minimum absolute atomic E-state index is 0.0424. The Morgan fingerprint density at radius 2 is 2.28 bits per heavy atom. The van der Waals surface area contributed by atoms with Crippen LogP contribution in [0.2, 0.25) is 0 Å². The minimum Gasteiger partial charge on any atom is -0.359 e. The fourth-order valence-electron chi connectivity index (χ4n) is 3.00. The lowest BCUT2D eigenvalue weighted by Gasteiger charge is -2.23. The molecule has 134 valence electrons. The smallest absolute Gasteiger partial charge is 0.318 e. The maximum atomic E-state index is 12.5. The van der Waals surface area contributed by atoms with E-state index in [2.05, 4.69) is 15.5 Å². The average molecular weight is 364 g/mol. The highest BCUT2D eigenvalue weighted by Crippen LogP contribution is 2.32. The fourth-order valence-corrected chi connectivity index (χ4v) is 3.88. The summed E-state index contributed by atoms with van der Waals surface area (Å²) < 4.78 is 28.9. The van der Waals surface area contributed by atoms with E-state index in [1.807, 2.05) is 13.0 Å². The number of aryl methyl sites for hydroxylation is 1. The van der Waals surface area contributed by atoms with Crippen molar-refractivity contribution in [1.82, 2.24) is 20.4 Å². The summed E-state index contributed by atoms with van der Waals surface area (Å²) in [6.45, 7) is 2.48. The lowest BCUT2D eigenvalue weighted by molar-refractivity contribution is 0.181. The molecule has 1 aliphatic rings. The topological polar surface area (TPSA) is 105 Å². The standard InChI is InChI=1S/C16H20N4O4S/c1-11-9-14(24-19-11)13-5-4-8-20(13)16(21)18-10-12-15(25(2,22)23)6-3-7-17-12/h3,6-7,9,13H,4-5,8,10H2,1-2H3,(H,18,21). The minimum atomic E-state index is -3.40. The molecule has 2 aromatic heterocycles. The Balaban J connectivity index is 1.71. The first kappa shape index (κ1) is 17.4. The highest BCUT2D eigenvalue weighted by molar-refractivity contribution is 7.90. The van der Waals surface area contributed by atoms with E-state index >= 15 is 0 Å². The number of rotatable bonds is 4. The van der Waals surface area contributed by atoms with E-state index in [9.17, 15) is 13.2 Å². The molecule has 3 rings (SSSR count). The van der Waals surface area contributed by atoms with Gasteiger partial charge in [-0.3, -0.25) is 4.98 Å². The van der Waals surface area contributed by atoms with Crippen molar-refractivity contribution in [3.63, 3.8) is 0 Å². The third-order valence-electron chi connectivity index (χ3n) is 4.14. The average Bonchev–Trinajstić information content (AvgIpc) is 3.20. The maximum absolute atomic E-state index is 12.5. The molecule has 2 amide bonds. The molecule has 1 atom stereocenters. The van der Waals surface area contributed by atoms with Gasteiger partial charge < -0.3 is 14.7 Å². The number of nitrogens with one attached hydrogen (secondary N) is 1. The van der Waals surface area contributed by atoms with Crippen LogP contribution in [-0.4, -0.2) is 42.3 Å². The Bertz CT molecular complexity index is 878. The van der Waals surface area contributed by atoms with Gasteiger partial charge in [-0.2, -0.15) is 0 Å². The number of sulfone groups is 1. The maximum Gasteiger partial charge on any atom is 0.318 e. The lowest BCUT2D eigenvalue weighted by Crippen LogP contribution is -2.39. The number of carbonyl (C=O) groups is 1. The molecule has 9 heteroatoms. The Kier molecular flexibility index (Phi) is 4.76. The Hall–Kier alpha value is -2.42. The molecular weight excluding hydrogens is 344 g/mol. The summed E-state index contributed by atoms with van der Waals surface area (Å²) in [7, 11) is -3.40. The first-order valence-electron chi connectivity index (χ1n) is 7.98. The van der Waals surface area contributed by atoms with Crippen LogP contribution in [0.5, 0.6) is 0 Å². The van der Waals surface area contributed by atoms with Crippen LogP contribution in [0.1, 0.15) is 36.0 Å². The van der Waals surface area contributed by atoms with E-state index in [1.54, 1.807) is 11.0 Å². The van der Waals surface area contributed by atoms with Gasteiger partial charge in [0.05, 0.1) is 28.9 Å². The summed E-state index contributed by atoms with van der Waals surface area (Å²) in [5.41, 5.74) is 1.10. The second-order valence-electron chi connectivity index (χ2n) is 6.10. The van der Waals surface area contributed by atoms with E-state index in [4.69, 9.17) is 4.52 Å². The van der Waals surface area contributed by atoms with Crippen LogP contribution in [0.3, 0.4) is 0 Å². The van der Waals surface area contributed by atoms with Crippen molar-refractivity contribution in [3.05, 3.63) is 41.5 Å². The molecular formula is C16H20N4O4S. The van der Waals surface area contributed by atoms with Crippen LogP contribution in [0.15, 0.2) is 33.8 Å². The van der Waals surface area contributed by atoms with E-state index in [0.717, 1.165) is 24.8 Å². The molecule has 0 aromatic carbocycles. The van der Waals surface area contributed by atoms with Crippen molar-refractivity contribution in [2.45, 2.75) is 37.2 Å². The molecule has 1 fully saturated rings. The number of likely N-dealkylation sites (tertiary alicyclic amines) is 1. The number of carbonyl (C=O) groups excluding carboxylic acids is 1. The van der Waals surface area contributed by atoms with Crippen molar-refractivity contribution < 1.29 is 17.7 Å². The predicted molar refractivity (Wildman–Crippen MR) is 89.5 cm³/mol. The summed E-state index contributed by atoms with van der Waals surface area (Å²) >= 11 is 0. The second kappa shape index (κ2) is 6.83. The normalized spacial score (nSPS) is 17.7. The van der Waals surface area contributed by atoms with E-state index in [1.165, 1.54) is 12.3 Å². The van der Waals surface area contributed by atoms with Gasteiger partial charge in [0.2, 0.25) is 0 Å². The van der Waals surface area contributed by atoms with E-state index in [-0.39, 0.29) is 23.5 Å². The highest BCUT2D eigenvalue weighted by Gasteiger charge is 2.32. The summed E-state index contributed by atoms with van der Waals surface area (Å²) in [5, 5.41) is 6.64. The summed E-state index contributed by atoms with van der Waals surface area (Å²) in [6.07, 6.45) is 4.31. The molecule has 1 N–H and O–H groups in total. The number of pyridine rings is 1. The zero-order valence-electron chi connectivity index (χ0n) is 14.1. The van der Waals surface area contributed by atoms with Gasteiger partial charge in [0.15, 0.2) is 15.6 Å². The molecule has 0 spiro atoms. The zero-order valence-corrected chi connectivity index (χ0v) is 14.9. The quantitative estimate of drug-likeness (QED) is 0.887. The molecule has 0 bridgehead atoms. The molecule has 1 saturated heterocycles. The highest BCUT2D eigenvalue weighted by atomic mass is 32.2. The van der Waals surface area contributed by atoms with Gasteiger partial charge in [0.25, 0.3) is 0 Å². The predicted octanol–water partition coefficient (Wildman–Crippen LogP) is 1.83. The number of urea groups is 1. The van der Waals surface area contributed by atoms with E-state index < -0.39 is 9.84 Å². The van der Waals surface area contributed by atoms with Crippen molar-refractivity contribution in [1.29, 1.82) is 0 Å². The molecule has 0 saturated carbocycles. The number of hydrogen-bond acceptors (Lipinski definition) is 6. The van der Waals surface area contributed by atoms with Crippen LogP contribution in [0, 0.1) is 6.92 Å². The number of aromatic nitrogens is 2. The Morgan fingerprint density at radius 1 is 1.48 bits per heavy atom. The van der Waals surface area contributed by atoms with Gasteiger partial charge in [-0.05, 0) is 31.9 Å². The molecule has 0 radical (unpaired) electrons. The van der Waals surface area contributed by atoms with Crippen molar-refractivity contribution in [2.75, 3.05) is 12.8 Å². The van der Waals surface area contributed by atoms with Gasteiger partial charge in [-0.1, -0.05) is 5.16 Å². The van der Waals surface area contributed by atoms with Gasteiger partial charge in [0, 0.05) is 25.1 Å². The van der Waals surface area contributed by atoms with Crippen LogP contribution >= 0.6 is 0 Å². The van der Waals surface area contributed by atoms with Crippen molar-refractivity contribution in [3.8, 4) is 0 Å². The SMILES string of the molecule is Cc1cc(C2CCCN2C(=O)NCc2ncccc2S(C)(=O)=O)on1. The van der Waals surface area contributed by atoms with Crippen LogP contribution < -0.4 is 5.32 Å². The largest absolute Gasteiger partial charge is 0.359 e. The second-order valence-corrected chi connectivity index (χ2v) is 8.09. The summed E-state index contributed by atoms with van der Waals surface area (Å²) in [4.78, 5) is 18.4. The van der Waals surface area contributed by atoms with Gasteiger partial charge in [-0.25, -0.2) is 13.2 Å². The van der Waals surface area contributed by atoms with Crippen LogP contribution in [0.25, 0.3) is 0 Å².